The Hall–Kier alpha value is -1.81. The van der Waals surface area contributed by atoms with E-state index >= 15 is 0 Å². The summed E-state index contributed by atoms with van der Waals surface area (Å²) in [6.07, 6.45) is 0. The molecule has 2 aromatic rings. The van der Waals surface area contributed by atoms with E-state index in [2.05, 4.69) is 5.16 Å². The lowest BCUT2D eigenvalue weighted by atomic mass is 9.99. The third-order valence-electron chi connectivity index (χ3n) is 2.62. The van der Waals surface area contributed by atoms with E-state index in [9.17, 15) is 5.11 Å². The first-order valence-corrected chi connectivity index (χ1v) is 5.83. The van der Waals surface area contributed by atoms with Gasteiger partial charge in [-0.05, 0) is 38.5 Å². The molecule has 0 aliphatic heterocycles. The maximum Gasteiger partial charge on any atom is 0.134 e. The van der Waals surface area contributed by atoms with Crippen LogP contribution in [0.3, 0.4) is 0 Å². The van der Waals surface area contributed by atoms with E-state index in [-0.39, 0.29) is 0 Å². The molecule has 4 nitrogen and oxygen atoms in total. The normalized spacial score (nSPS) is 11.6. The van der Waals surface area contributed by atoms with E-state index in [1.165, 1.54) is 0 Å². The Morgan fingerprint density at radius 1 is 1.28 bits per heavy atom. The second-order valence-corrected chi connectivity index (χ2v) is 4.80. The SMILES string of the molecule is Cc1cc(COc2ccc(C(C)(C)O)cc2)no1. The molecule has 96 valence electrons. The molecule has 0 saturated carbocycles. The van der Waals surface area contributed by atoms with E-state index in [0.717, 1.165) is 22.8 Å². The lowest BCUT2D eigenvalue weighted by molar-refractivity contribution is 0.0785. The summed E-state index contributed by atoms with van der Waals surface area (Å²) in [4.78, 5) is 0. The smallest absolute Gasteiger partial charge is 0.134 e. The summed E-state index contributed by atoms with van der Waals surface area (Å²) in [5, 5.41) is 13.7. The molecule has 2 rings (SSSR count). The van der Waals surface area contributed by atoms with Gasteiger partial charge in [0, 0.05) is 6.07 Å². The quantitative estimate of drug-likeness (QED) is 0.902. The molecule has 0 spiro atoms. The van der Waals surface area contributed by atoms with Crippen LogP contribution in [0.2, 0.25) is 0 Å². The highest BCUT2D eigenvalue weighted by molar-refractivity contribution is 5.30. The minimum Gasteiger partial charge on any atom is -0.487 e. The van der Waals surface area contributed by atoms with Gasteiger partial charge in [-0.25, -0.2) is 0 Å². The van der Waals surface area contributed by atoms with E-state index < -0.39 is 5.60 Å². The van der Waals surface area contributed by atoms with Crippen molar-refractivity contribution in [2.24, 2.45) is 0 Å². The van der Waals surface area contributed by atoms with Gasteiger partial charge in [0.15, 0.2) is 0 Å². The fraction of sp³-hybridized carbons (Fsp3) is 0.357. The molecule has 18 heavy (non-hydrogen) atoms. The lowest BCUT2D eigenvalue weighted by Crippen LogP contribution is -2.14. The summed E-state index contributed by atoms with van der Waals surface area (Å²) in [7, 11) is 0. The highest BCUT2D eigenvalue weighted by Gasteiger charge is 2.15. The number of benzene rings is 1. The average molecular weight is 247 g/mol. The molecule has 1 N–H and O–H groups in total. The van der Waals surface area contributed by atoms with Crippen LogP contribution in [0, 0.1) is 6.92 Å². The van der Waals surface area contributed by atoms with E-state index in [0.29, 0.717) is 6.61 Å². The Balaban J connectivity index is 1.98. The Morgan fingerprint density at radius 2 is 1.94 bits per heavy atom. The van der Waals surface area contributed by atoms with Gasteiger partial charge in [0.2, 0.25) is 0 Å². The van der Waals surface area contributed by atoms with Gasteiger partial charge in [-0.15, -0.1) is 0 Å². The van der Waals surface area contributed by atoms with Crippen molar-refractivity contribution in [1.29, 1.82) is 0 Å². The zero-order chi connectivity index (χ0) is 13.2. The summed E-state index contributed by atoms with van der Waals surface area (Å²) in [5.74, 6) is 1.51. The lowest BCUT2D eigenvalue weighted by Gasteiger charge is -2.17. The van der Waals surface area contributed by atoms with Crippen molar-refractivity contribution in [2.45, 2.75) is 33.0 Å². The molecule has 1 aromatic heterocycles. The third-order valence-corrected chi connectivity index (χ3v) is 2.62. The van der Waals surface area contributed by atoms with Crippen LogP contribution in [0.5, 0.6) is 5.75 Å². The van der Waals surface area contributed by atoms with Crippen molar-refractivity contribution in [2.75, 3.05) is 0 Å². The highest BCUT2D eigenvalue weighted by atomic mass is 16.5. The van der Waals surface area contributed by atoms with Crippen LogP contribution in [0.1, 0.15) is 30.9 Å². The molecule has 0 amide bonds. The number of nitrogens with zero attached hydrogens (tertiary/aromatic N) is 1. The fourth-order valence-corrected chi connectivity index (χ4v) is 1.60. The van der Waals surface area contributed by atoms with Gasteiger partial charge in [0.05, 0.1) is 5.60 Å². The molecule has 1 heterocycles. The Bertz CT molecular complexity index is 509. The molecule has 0 fully saturated rings. The topological polar surface area (TPSA) is 55.5 Å². The number of rotatable bonds is 4. The monoisotopic (exact) mass is 247 g/mol. The van der Waals surface area contributed by atoms with Crippen molar-refractivity contribution in [3.63, 3.8) is 0 Å². The maximum absolute atomic E-state index is 9.83. The maximum atomic E-state index is 9.83. The second-order valence-electron chi connectivity index (χ2n) is 4.80. The van der Waals surface area contributed by atoms with Gasteiger partial charge in [-0.1, -0.05) is 17.3 Å². The first-order chi connectivity index (χ1) is 8.45. The van der Waals surface area contributed by atoms with Gasteiger partial charge in [-0.2, -0.15) is 0 Å². The standard InChI is InChI=1S/C14H17NO3/c1-10-8-12(15-18-10)9-17-13-6-4-11(5-7-13)14(2,3)16/h4-8,16H,9H2,1-3H3. The summed E-state index contributed by atoms with van der Waals surface area (Å²) in [6, 6.07) is 9.21. The van der Waals surface area contributed by atoms with E-state index in [4.69, 9.17) is 9.26 Å². The number of ether oxygens (including phenoxy) is 1. The minimum atomic E-state index is -0.832. The van der Waals surface area contributed by atoms with Gasteiger partial charge in [0.25, 0.3) is 0 Å². The van der Waals surface area contributed by atoms with Crippen LogP contribution in [0.25, 0.3) is 0 Å². The summed E-state index contributed by atoms with van der Waals surface area (Å²) in [5.41, 5.74) is 0.785. The summed E-state index contributed by atoms with van der Waals surface area (Å²) >= 11 is 0. The van der Waals surface area contributed by atoms with Crippen LogP contribution in [0.15, 0.2) is 34.9 Å². The molecule has 0 saturated heterocycles. The predicted molar refractivity (Wildman–Crippen MR) is 67.3 cm³/mol. The first kappa shape index (κ1) is 12.6. The molecule has 0 radical (unpaired) electrons. The van der Waals surface area contributed by atoms with Crippen molar-refractivity contribution in [3.05, 3.63) is 47.3 Å². The Morgan fingerprint density at radius 3 is 2.44 bits per heavy atom. The number of aryl methyl sites for hydroxylation is 1. The molecule has 0 aliphatic carbocycles. The second kappa shape index (κ2) is 4.82. The van der Waals surface area contributed by atoms with Crippen LogP contribution < -0.4 is 4.74 Å². The summed E-state index contributed by atoms with van der Waals surface area (Å²) < 4.78 is 10.5. The largest absolute Gasteiger partial charge is 0.487 e. The molecule has 1 aromatic carbocycles. The van der Waals surface area contributed by atoms with Crippen LogP contribution >= 0.6 is 0 Å². The molecular weight excluding hydrogens is 230 g/mol. The van der Waals surface area contributed by atoms with Gasteiger partial charge in [0.1, 0.15) is 23.8 Å². The molecule has 0 aliphatic rings. The van der Waals surface area contributed by atoms with E-state index in [1.807, 2.05) is 37.3 Å². The Labute approximate surface area is 106 Å². The molecular formula is C14H17NO3. The zero-order valence-electron chi connectivity index (χ0n) is 10.8. The van der Waals surface area contributed by atoms with E-state index in [1.54, 1.807) is 13.8 Å². The van der Waals surface area contributed by atoms with Crippen LogP contribution in [-0.2, 0) is 12.2 Å². The van der Waals surface area contributed by atoms with Gasteiger partial charge in [-0.3, -0.25) is 0 Å². The van der Waals surface area contributed by atoms with Crippen LogP contribution in [0.4, 0.5) is 0 Å². The molecule has 0 atom stereocenters. The van der Waals surface area contributed by atoms with Crippen molar-refractivity contribution < 1.29 is 14.4 Å². The zero-order valence-corrected chi connectivity index (χ0v) is 10.8. The van der Waals surface area contributed by atoms with Crippen molar-refractivity contribution >= 4 is 0 Å². The molecule has 0 unspecified atom stereocenters. The first-order valence-electron chi connectivity index (χ1n) is 5.83. The van der Waals surface area contributed by atoms with Gasteiger partial charge >= 0.3 is 0 Å². The minimum absolute atomic E-state index is 0.374. The van der Waals surface area contributed by atoms with Crippen molar-refractivity contribution in [3.8, 4) is 5.75 Å². The average Bonchev–Trinajstić information content (AvgIpc) is 2.72. The molecule has 4 heteroatoms. The predicted octanol–water partition coefficient (Wildman–Crippen LogP) is 2.79. The molecule has 0 bridgehead atoms. The Kier molecular flexibility index (Phi) is 3.39. The number of hydrogen-bond donors (Lipinski definition) is 1. The number of aliphatic hydroxyl groups is 1. The highest BCUT2D eigenvalue weighted by Crippen LogP contribution is 2.22. The summed E-state index contributed by atoms with van der Waals surface area (Å²) in [6.45, 7) is 5.72. The fourth-order valence-electron chi connectivity index (χ4n) is 1.60. The van der Waals surface area contributed by atoms with Gasteiger partial charge < -0.3 is 14.4 Å². The van der Waals surface area contributed by atoms with Crippen LogP contribution in [-0.4, -0.2) is 10.3 Å². The van der Waals surface area contributed by atoms with Crippen molar-refractivity contribution in [1.82, 2.24) is 5.16 Å². The number of hydrogen-bond acceptors (Lipinski definition) is 4. The number of aromatic nitrogens is 1. The third kappa shape index (κ3) is 3.11.